The van der Waals surface area contributed by atoms with Gasteiger partial charge < -0.3 is 25.1 Å². The van der Waals surface area contributed by atoms with Crippen LogP contribution in [0.1, 0.15) is 32.6 Å². The molecule has 2 amide bonds. The fraction of sp³-hybridized carbons (Fsp3) is 0.125. The maximum Gasteiger partial charge on any atom is 0.309 e. The predicted molar refractivity (Wildman–Crippen MR) is 89.5 cm³/mol. The van der Waals surface area contributed by atoms with Gasteiger partial charge in [-0.15, -0.1) is 10.2 Å². The summed E-state index contributed by atoms with van der Waals surface area (Å²) in [4.78, 5) is 41.6. The summed E-state index contributed by atoms with van der Waals surface area (Å²) in [6, 6.07) is 0.857. The van der Waals surface area contributed by atoms with E-state index in [1.807, 2.05) is 0 Å². The number of hydrogen-bond donors (Lipinski definition) is 4. The lowest BCUT2D eigenvalue weighted by molar-refractivity contribution is 0.0914. The van der Waals surface area contributed by atoms with E-state index in [2.05, 4.69) is 35.2 Å². The molecule has 0 radical (unpaired) electrons. The van der Waals surface area contributed by atoms with Crippen molar-refractivity contribution in [1.29, 1.82) is 0 Å². The van der Waals surface area contributed by atoms with Crippen LogP contribution in [0.25, 0.3) is 0 Å². The number of carbonyl (C=O) groups is 2. The van der Waals surface area contributed by atoms with Gasteiger partial charge in [-0.2, -0.15) is 0 Å². The number of halogens is 3. The number of amides is 2. The first-order valence-electron chi connectivity index (χ1n) is 8.04. The van der Waals surface area contributed by atoms with Gasteiger partial charge >= 0.3 is 11.8 Å². The number of aromatic hydroxyl groups is 1. The number of nitrogens with one attached hydrogen (secondary N) is 3. The zero-order valence-electron chi connectivity index (χ0n) is 14.7. The highest BCUT2D eigenvalue weighted by Gasteiger charge is 2.20. The molecule has 0 atom stereocenters. The topological polar surface area (TPSA) is 163 Å². The lowest BCUT2D eigenvalue weighted by Gasteiger charge is -2.09. The lowest BCUT2D eigenvalue weighted by atomic mass is 10.2. The van der Waals surface area contributed by atoms with Gasteiger partial charge in [0.25, 0.3) is 11.5 Å². The first-order valence-corrected chi connectivity index (χ1v) is 8.04. The molecule has 11 nitrogen and oxygen atoms in total. The third kappa shape index (κ3) is 4.43. The minimum atomic E-state index is -1.24. The Kier molecular flexibility index (Phi) is 5.75. The van der Waals surface area contributed by atoms with Crippen LogP contribution < -0.4 is 16.2 Å². The van der Waals surface area contributed by atoms with Crippen molar-refractivity contribution >= 4 is 11.8 Å². The molecule has 14 heteroatoms. The van der Waals surface area contributed by atoms with Gasteiger partial charge in [-0.3, -0.25) is 14.4 Å². The number of H-pyrrole nitrogens is 1. The summed E-state index contributed by atoms with van der Waals surface area (Å²) in [5.41, 5.74) is -2.50. The normalized spacial score (nSPS) is 10.6. The van der Waals surface area contributed by atoms with Crippen molar-refractivity contribution < 1.29 is 32.3 Å². The van der Waals surface area contributed by atoms with Crippen LogP contribution in [0.3, 0.4) is 0 Å². The summed E-state index contributed by atoms with van der Waals surface area (Å²) >= 11 is 0. The molecule has 2 aromatic heterocycles. The quantitative estimate of drug-likeness (QED) is 0.434. The second-order valence-corrected chi connectivity index (χ2v) is 5.67. The molecule has 0 saturated carbocycles. The minimum Gasteiger partial charge on any atom is -0.501 e. The van der Waals surface area contributed by atoms with Crippen LogP contribution in [0, 0.1) is 17.5 Å². The lowest BCUT2D eigenvalue weighted by Crippen LogP contribution is -2.30. The Hall–Kier alpha value is -4.23. The fourth-order valence-corrected chi connectivity index (χ4v) is 2.26. The van der Waals surface area contributed by atoms with E-state index in [1.54, 1.807) is 0 Å². The van der Waals surface area contributed by atoms with Crippen LogP contribution in [-0.4, -0.2) is 37.1 Å². The van der Waals surface area contributed by atoms with Gasteiger partial charge in [0.05, 0.1) is 6.54 Å². The van der Waals surface area contributed by atoms with Crippen LogP contribution >= 0.6 is 0 Å². The van der Waals surface area contributed by atoms with E-state index in [0.29, 0.717) is 12.1 Å². The molecule has 0 aliphatic rings. The number of rotatable bonds is 6. The largest absolute Gasteiger partial charge is 0.501 e. The van der Waals surface area contributed by atoms with Crippen LogP contribution in [0.4, 0.5) is 13.2 Å². The molecule has 0 aliphatic heterocycles. The van der Waals surface area contributed by atoms with Crippen LogP contribution in [0.15, 0.2) is 27.7 Å². The van der Waals surface area contributed by atoms with Gasteiger partial charge in [-0.25, -0.2) is 18.2 Å². The van der Waals surface area contributed by atoms with E-state index in [4.69, 9.17) is 0 Å². The van der Waals surface area contributed by atoms with Gasteiger partial charge in [-0.05, 0) is 0 Å². The van der Waals surface area contributed by atoms with Crippen molar-refractivity contribution in [3.05, 3.63) is 69.3 Å². The van der Waals surface area contributed by atoms with E-state index in [1.165, 1.54) is 0 Å². The Balaban J connectivity index is 1.74. The van der Waals surface area contributed by atoms with Gasteiger partial charge in [0.1, 0.15) is 23.3 Å². The second-order valence-electron chi connectivity index (χ2n) is 5.67. The highest BCUT2D eigenvalue weighted by molar-refractivity contribution is 5.94. The summed E-state index contributed by atoms with van der Waals surface area (Å²) in [7, 11) is 0. The summed E-state index contributed by atoms with van der Waals surface area (Å²) in [5, 5.41) is 20.8. The highest BCUT2D eigenvalue weighted by atomic mass is 19.1. The maximum absolute atomic E-state index is 13.7. The van der Waals surface area contributed by atoms with Crippen molar-refractivity contribution in [3.8, 4) is 5.75 Å². The first kappa shape index (κ1) is 20.5. The summed E-state index contributed by atoms with van der Waals surface area (Å²) < 4.78 is 44.9. The van der Waals surface area contributed by atoms with E-state index >= 15 is 0 Å². The molecule has 0 fully saturated rings. The standard InChI is InChI=1S/C16H11F3N6O5/c17-6-1-8(18)7(9(19)2-6)3-20-13(27)11-12(26)14(28)24-10(23-11)4-21-15(29)16-25-22-5-30-16/h1-2,5,26H,3-4H2,(H,20,27)(H,21,29)(H,23,24,28). The molecule has 0 bridgehead atoms. The number of aromatic nitrogens is 4. The van der Waals surface area contributed by atoms with Crippen molar-refractivity contribution in [2.75, 3.05) is 0 Å². The SMILES string of the molecule is O=C(NCc1nc(C(=O)NCc2c(F)cc(F)cc2F)c(O)c(=O)[nH]1)c1nnco1. The Labute approximate surface area is 164 Å². The molecule has 2 heterocycles. The minimum absolute atomic E-state index is 0.227. The molecule has 0 aliphatic carbocycles. The number of aromatic amines is 1. The van der Waals surface area contributed by atoms with Crippen LogP contribution in [0.5, 0.6) is 5.75 Å². The molecule has 3 rings (SSSR count). The van der Waals surface area contributed by atoms with Gasteiger partial charge in [0, 0.05) is 24.2 Å². The summed E-state index contributed by atoms with van der Waals surface area (Å²) in [6.07, 6.45) is 0.921. The van der Waals surface area contributed by atoms with Gasteiger partial charge in [0.2, 0.25) is 12.1 Å². The average molecular weight is 424 g/mol. The monoisotopic (exact) mass is 424 g/mol. The van der Waals surface area contributed by atoms with E-state index in [9.17, 15) is 32.7 Å². The molecule has 0 unspecified atom stereocenters. The number of benzene rings is 1. The summed E-state index contributed by atoms with van der Waals surface area (Å²) in [5.74, 6) is -7.20. The Bertz CT molecular complexity index is 1140. The molecular weight excluding hydrogens is 413 g/mol. The second kappa shape index (κ2) is 8.42. The molecule has 30 heavy (non-hydrogen) atoms. The van der Waals surface area contributed by atoms with Crippen molar-refractivity contribution in [2.24, 2.45) is 0 Å². The zero-order chi connectivity index (χ0) is 21.8. The molecular formula is C16H11F3N6O5. The smallest absolute Gasteiger partial charge is 0.309 e. The highest BCUT2D eigenvalue weighted by Crippen LogP contribution is 2.15. The number of hydrogen-bond acceptors (Lipinski definition) is 8. The van der Waals surface area contributed by atoms with E-state index in [0.717, 1.165) is 6.39 Å². The van der Waals surface area contributed by atoms with Crippen molar-refractivity contribution in [3.63, 3.8) is 0 Å². The zero-order valence-corrected chi connectivity index (χ0v) is 14.7. The molecule has 4 N–H and O–H groups in total. The molecule has 0 saturated heterocycles. The first-order chi connectivity index (χ1) is 14.3. The molecule has 1 aromatic carbocycles. The molecule has 0 spiro atoms. The molecule has 156 valence electrons. The van der Waals surface area contributed by atoms with Gasteiger partial charge in [0.15, 0.2) is 5.69 Å². The maximum atomic E-state index is 13.7. The predicted octanol–water partition coefficient (Wildman–Crippen LogP) is 0.136. The van der Waals surface area contributed by atoms with Crippen molar-refractivity contribution in [2.45, 2.75) is 13.1 Å². The number of carbonyl (C=O) groups excluding carboxylic acids is 2. The molecule has 3 aromatic rings. The fourth-order valence-electron chi connectivity index (χ4n) is 2.26. The van der Waals surface area contributed by atoms with Crippen LogP contribution in [0.2, 0.25) is 0 Å². The Morgan fingerprint density at radius 3 is 2.40 bits per heavy atom. The van der Waals surface area contributed by atoms with E-state index < -0.39 is 64.9 Å². The Morgan fingerprint density at radius 2 is 1.77 bits per heavy atom. The Morgan fingerprint density at radius 1 is 1.10 bits per heavy atom. The van der Waals surface area contributed by atoms with Gasteiger partial charge in [-0.1, -0.05) is 0 Å². The number of nitrogens with zero attached hydrogens (tertiary/aromatic N) is 3. The average Bonchev–Trinajstić information content (AvgIpc) is 3.22. The van der Waals surface area contributed by atoms with Crippen LogP contribution in [-0.2, 0) is 13.1 Å². The third-order valence-corrected chi connectivity index (χ3v) is 3.66. The summed E-state index contributed by atoms with van der Waals surface area (Å²) in [6.45, 7) is -1.10. The van der Waals surface area contributed by atoms with Crippen molar-refractivity contribution in [1.82, 2.24) is 30.8 Å². The third-order valence-electron chi connectivity index (χ3n) is 3.66. The van der Waals surface area contributed by atoms with E-state index in [-0.39, 0.29) is 11.7 Å².